The minimum absolute atomic E-state index is 0. The molecule has 0 aromatic carbocycles. The summed E-state index contributed by atoms with van der Waals surface area (Å²) in [5.41, 5.74) is 0. The van der Waals surface area contributed by atoms with E-state index in [0.29, 0.717) is 4.59 Å². The van der Waals surface area contributed by atoms with Gasteiger partial charge >= 0.3 is 0 Å². The van der Waals surface area contributed by atoms with E-state index in [2.05, 4.69) is 21.0 Å². The summed E-state index contributed by atoms with van der Waals surface area (Å²) in [6.07, 6.45) is 14.0. The number of nitrogens with zero attached hydrogens (tertiary/aromatic N) is 1. The van der Waals surface area contributed by atoms with Crippen LogP contribution in [0.4, 0.5) is 0 Å². The van der Waals surface area contributed by atoms with Gasteiger partial charge in [0, 0.05) is 0 Å². The van der Waals surface area contributed by atoms with E-state index in [0.717, 1.165) is 6.54 Å². The van der Waals surface area contributed by atoms with Crippen molar-refractivity contribution in [1.29, 1.82) is 0 Å². The predicted octanol–water partition coefficient (Wildman–Crippen LogP) is 0.861. The van der Waals surface area contributed by atoms with Gasteiger partial charge in [0.2, 0.25) is 0 Å². The Hall–Kier alpha value is 0.650. The van der Waals surface area contributed by atoms with Crippen molar-refractivity contribution >= 4 is 0 Å². The monoisotopic (exact) mass is 356 g/mol. The highest BCUT2D eigenvalue weighted by atomic mass is 127. The van der Waals surface area contributed by atoms with Gasteiger partial charge in [-0.05, 0) is 12.8 Å². The first-order valence-corrected chi connectivity index (χ1v) is 7.18. The molecule has 106 valence electrons. The van der Waals surface area contributed by atoms with Gasteiger partial charge in [-0.15, -0.1) is 0 Å². The minimum atomic E-state index is 0. The Bertz CT molecular complexity index is 144. The molecule has 0 aromatic rings. The van der Waals surface area contributed by atoms with E-state index in [1.165, 1.54) is 64.2 Å². The first kappa shape index (κ1) is 20.0. The molecule has 0 amide bonds. The number of hydrogen-bond donors (Lipinski definition) is 1. The summed E-state index contributed by atoms with van der Waals surface area (Å²) >= 11 is 0. The third-order valence-corrected chi connectivity index (χ3v) is 3.09. The number of hydrogen-bond acceptors (Lipinski definition) is 1. The van der Waals surface area contributed by atoms with Crippen molar-refractivity contribution in [3.8, 4) is 0 Å². The molecular weight excluding hydrogens is 323 g/mol. The van der Waals surface area contributed by atoms with Gasteiger partial charge in [0.05, 0.1) is 20.6 Å². The van der Waals surface area contributed by atoms with Crippen LogP contribution < -0.4 is 29.8 Å². The van der Waals surface area contributed by atoms with E-state index < -0.39 is 0 Å². The van der Waals surface area contributed by atoms with E-state index in [4.69, 9.17) is 5.84 Å². The van der Waals surface area contributed by atoms with Crippen molar-refractivity contribution in [1.82, 2.24) is 0 Å². The van der Waals surface area contributed by atoms with Crippen LogP contribution in [0.3, 0.4) is 0 Å². The van der Waals surface area contributed by atoms with Gasteiger partial charge in [-0.2, -0.15) is 5.84 Å². The summed E-state index contributed by atoms with van der Waals surface area (Å²) < 4.78 is 0.622. The molecule has 0 radical (unpaired) electrons. The lowest BCUT2D eigenvalue weighted by Crippen LogP contribution is -3.00. The second-order valence-electron chi connectivity index (χ2n) is 5.68. The van der Waals surface area contributed by atoms with E-state index in [1.807, 2.05) is 0 Å². The van der Waals surface area contributed by atoms with Crippen LogP contribution >= 0.6 is 0 Å². The molecule has 0 fully saturated rings. The highest BCUT2D eigenvalue weighted by Gasteiger charge is 2.06. The molecule has 0 bridgehead atoms. The highest BCUT2D eigenvalue weighted by Crippen LogP contribution is 2.10. The smallest absolute Gasteiger partial charge is 0.0955 e. The molecule has 0 unspecified atom stereocenters. The Morgan fingerprint density at radius 2 is 1.06 bits per heavy atom. The zero-order valence-corrected chi connectivity index (χ0v) is 14.3. The summed E-state index contributed by atoms with van der Waals surface area (Å²) in [5, 5.41) is 0. The average molecular weight is 356 g/mol. The molecular formula is C14H33IN2. The summed E-state index contributed by atoms with van der Waals surface area (Å²) in [5.74, 6) is 5.88. The molecule has 0 aliphatic heterocycles. The fourth-order valence-corrected chi connectivity index (χ4v) is 2.01. The topological polar surface area (TPSA) is 26.0 Å². The molecule has 3 heteroatoms. The van der Waals surface area contributed by atoms with Gasteiger partial charge in [-0.1, -0.05) is 58.3 Å². The highest BCUT2D eigenvalue weighted by molar-refractivity contribution is 4.47. The number of nitrogens with two attached hydrogens (primary N) is 1. The maximum absolute atomic E-state index is 5.88. The van der Waals surface area contributed by atoms with Crippen LogP contribution in [0.5, 0.6) is 0 Å². The van der Waals surface area contributed by atoms with E-state index in [-0.39, 0.29) is 24.0 Å². The maximum atomic E-state index is 5.88. The lowest BCUT2D eigenvalue weighted by atomic mass is 10.1. The van der Waals surface area contributed by atoms with Crippen molar-refractivity contribution in [2.45, 2.75) is 71.1 Å². The third-order valence-electron chi connectivity index (χ3n) is 3.09. The zero-order valence-electron chi connectivity index (χ0n) is 12.2. The number of rotatable bonds is 11. The van der Waals surface area contributed by atoms with E-state index in [1.54, 1.807) is 0 Å². The quantitative estimate of drug-likeness (QED) is 0.192. The lowest BCUT2D eigenvalue weighted by molar-refractivity contribution is -0.902. The molecule has 0 spiro atoms. The first-order chi connectivity index (χ1) is 7.56. The second-order valence-corrected chi connectivity index (χ2v) is 5.68. The molecule has 0 saturated heterocycles. The fraction of sp³-hybridized carbons (Fsp3) is 1.00. The van der Waals surface area contributed by atoms with Crippen molar-refractivity contribution in [2.24, 2.45) is 5.84 Å². The Morgan fingerprint density at radius 3 is 1.41 bits per heavy atom. The largest absolute Gasteiger partial charge is 1.00 e. The van der Waals surface area contributed by atoms with Crippen LogP contribution in [-0.4, -0.2) is 25.2 Å². The summed E-state index contributed by atoms with van der Waals surface area (Å²) in [6, 6.07) is 0. The normalized spacial score (nSPS) is 11.3. The minimum Gasteiger partial charge on any atom is -1.00 e. The summed E-state index contributed by atoms with van der Waals surface area (Å²) in [4.78, 5) is 0. The van der Waals surface area contributed by atoms with Crippen LogP contribution in [0.25, 0.3) is 0 Å². The fourth-order valence-electron chi connectivity index (χ4n) is 2.01. The predicted molar refractivity (Wildman–Crippen MR) is 73.0 cm³/mol. The Morgan fingerprint density at radius 1 is 0.706 bits per heavy atom. The molecule has 2 nitrogen and oxygen atoms in total. The molecule has 17 heavy (non-hydrogen) atoms. The standard InChI is InChI=1S/C14H33N2.HI/c1-4-5-6-7-8-9-10-11-12-13-14-16(2,3)15;/h4-15H2,1-3H3;1H/q+1;/p-1. The molecule has 2 N–H and O–H groups in total. The molecule has 0 rings (SSSR count). The van der Waals surface area contributed by atoms with Gasteiger partial charge in [-0.25, -0.2) is 0 Å². The number of quaternary nitrogens is 1. The first-order valence-electron chi connectivity index (χ1n) is 7.18. The van der Waals surface area contributed by atoms with Gasteiger partial charge in [-0.3, -0.25) is 4.59 Å². The van der Waals surface area contributed by atoms with Crippen molar-refractivity contribution < 1.29 is 28.6 Å². The zero-order chi connectivity index (χ0) is 12.3. The van der Waals surface area contributed by atoms with E-state index in [9.17, 15) is 0 Å². The van der Waals surface area contributed by atoms with Gasteiger partial charge in [0.25, 0.3) is 0 Å². The van der Waals surface area contributed by atoms with Gasteiger partial charge in [0.15, 0.2) is 0 Å². The third kappa shape index (κ3) is 19.2. The van der Waals surface area contributed by atoms with Gasteiger partial charge in [0.1, 0.15) is 0 Å². The van der Waals surface area contributed by atoms with Crippen molar-refractivity contribution in [2.75, 3.05) is 20.6 Å². The van der Waals surface area contributed by atoms with Crippen LogP contribution in [-0.2, 0) is 0 Å². The van der Waals surface area contributed by atoms with Crippen LogP contribution in [0, 0.1) is 0 Å². The molecule has 0 aromatic heterocycles. The molecule has 0 saturated carbocycles. The number of halogens is 1. The molecule has 0 heterocycles. The maximum Gasteiger partial charge on any atom is 0.0955 e. The average Bonchev–Trinajstić information content (AvgIpc) is 2.19. The van der Waals surface area contributed by atoms with Crippen LogP contribution in [0.2, 0.25) is 0 Å². The Kier molecular flexibility index (Phi) is 15.4. The lowest BCUT2D eigenvalue weighted by Gasteiger charge is -2.21. The van der Waals surface area contributed by atoms with Gasteiger partial charge < -0.3 is 24.0 Å². The molecule has 0 aliphatic rings. The summed E-state index contributed by atoms with van der Waals surface area (Å²) in [7, 11) is 4.13. The van der Waals surface area contributed by atoms with Crippen LogP contribution in [0.15, 0.2) is 0 Å². The SMILES string of the molecule is CCCCCCCCCCCC[N+](C)(C)N.[I-]. The summed E-state index contributed by atoms with van der Waals surface area (Å²) in [6.45, 7) is 3.38. The van der Waals surface area contributed by atoms with E-state index >= 15 is 0 Å². The van der Waals surface area contributed by atoms with Crippen molar-refractivity contribution in [3.63, 3.8) is 0 Å². The van der Waals surface area contributed by atoms with Crippen LogP contribution in [0.1, 0.15) is 71.1 Å². The van der Waals surface area contributed by atoms with Crippen molar-refractivity contribution in [3.05, 3.63) is 0 Å². The number of unbranched alkanes of at least 4 members (excludes halogenated alkanes) is 9. The Labute approximate surface area is 126 Å². The molecule has 0 atom stereocenters. The second kappa shape index (κ2) is 13.1. The molecule has 0 aliphatic carbocycles. The Balaban J connectivity index is 0.